The van der Waals surface area contributed by atoms with Crippen LogP contribution in [0.3, 0.4) is 0 Å². The third-order valence-corrected chi connectivity index (χ3v) is 7.99. The first kappa shape index (κ1) is 21.5. The summed E-state index contributed by atoms with van der Waals surface area (Å²) in [5, 5.41) is 17.3. The monoisotopic (exact) mass is 455 g/mol. The lowest BCUT2D eigenvalue weighted by Crippen LogP contribution is -2.47. The third kappa shape index (κ3) is 6.41. The maximum atomic E-state index is 12.2. The van der Waals surface area contributed by atoms with Gasteiger partial charge >= 0.3 is 0 Å². The first-order valence-corrected chi connectivity index (χ1v) is 12.4. The highest BCUT2D eigenvalue weighted by Crippen LogP contribution is 2.29. The Bertz CT molecular complexity index is 1020. The van der Waals surface area contributed by atoms with Gasteiger partial charge in [-0.1, -0.05) is 29.2 Å². The van der Waals surface area contributed by atoms with E-state index in [0.29, 0.717) is 21.6 Å². The van der Waals surface area contributed by atoms with Crippen LogP contribution in [0.2, 0.25) is 0 Å². The molecule has 0 aliphatic carbocycles. The molecule has 1 fully saturated rings. The van der Waals surface area contributed by atoms with Gasteiger partial charge in [0.25, 0.3) is 0 Å². The summed E-state index contributed by atoms with van der Waals surface area (Å²) in [6.07, 6.45) is 0.427. The molecule has 29 heavy (non-hydrogen) atoms. The Morgan fingerprint density at radius 2 is 2.03 bits per heavy atom. The fourth-order valence-electron chi connectivity index (χ4n) is 2.93. The van der Waals surface area contributed by atoms with Crippen molar-refractivity contribution in [1.82, 2.24) is 15.5 Å². The van der Waals surface area contributed by atoms with E-state index in [4.69, 9.17) is 0 Å². The van der Waals surface area contributed by atoms with Gasteiger partial charge in [-0.2, -0.15) is 0 Å². The Balaban J connectivity index is 1.52. The third-order valence-electron chi connectivity index (χ3n) is 4.11. The molecule has 0 radical (unpaired) electrons. The first-order chi connectivity index (χ1) is 13.6. The largest absolute Gasteiger partial charge is 0.349 e. The minimum atomic E-state index is -3.08. The Labute approximate surface area is 177 Å². The maximum Gasteiger partial charge on any atom is 0.230 e. The van der Waals surface area contributed by atoms with Gasteiger partial charge < -0.3 is 16.0 Å². The van der Waals surface area contributed by atoms with Crippen molar-refractivity contribution in [3.8, 4) is 0 Å². The average molecular weight is 456 g/mol. The fourth-order valence-corrected chi connectivity index (χ4v) is 6.59. The molecular weight excluding hydrogens is 434 g/mol. The molecule has 1 atom stereocenters. The molecule has 2 heterocycles. The Hall–Kier alpha value is -2.18. The Morgan fingerprint density at radius 3 is 2.72 bits per heavy atom. The second kappa shape index (κ2) is 8.67. The number of benzene rings is 1. The number of carbonyl (C=O) groups is 2. The van der Waals surface area contributed by atoms with Crippen LogP contribution in [0.25, 0.3) is 0 Å². The molecule has 1 saturated heterocycles. The molecule has 1 aromatic heterocycles. The molecule has 0 bridgehead atoms. The summed E-state index contributed by atoms with van der Waals surface area (Å²) in [5.74, 6) is -0.185. The quantitative estimate of drug-likeness (QED) is 0.541. The number of thioether (sulfide) groups is 1. The second-order valence-electron chi connectivity index (χ2n) is 7.00. The van der Waals surface area contributed by atoms with Crippen LogP contribution >= 0.6 is 23.1 Å². The van der Waals surface area contributed by atoms with E-state index in [1.807, 2.05) is 6.07 Å². The number of anilines is 3. The molecule has 2 amide bonds. The Morgan fingerprint density at radius 1 is 1.28 bits per heavy atom. The normalized spacial score (nSPS) is 20.2. The van der Waals surface area contributed by atoms with Gasteiger partial charge in [-0.05, 0) is 31.5 Å². The van der Waals surface area contributed by atoms with Gasteiger partial charge in [0.1, 0.15) is 0 Å². The van der Waals surface area contributed by atoms with Crippen LogP contribution in [0, 0.1) is 0 Å². The van der Waals surface area contributed by atoms with Gasteiger partial charge in [-0.3, -0.25) is 9.59 Å². The number of amides is 2. The number of nitrogens with zero attached hydrogens (tertiary/aromatic N) is 2. The lowest BCUT2D eigenvalue weighted by Gasteiger charge is -2.23. The molecule has 0 saturated carbocycles. The second-order valence-corrected chi connectivity index (χ2v) is 11.4. The van der Waals surface area contributed by atoms with Crippen molar-refractivity contribution in [1.29, 1.82) is 0 Å². The van der Waals surface area contributed by atoms with Crippen molar-refractivity contribution < 1.29 is 18.0 Å². The number of rotatable bonds is 7. The van der Waals surface area contributed by atoms with Crippen LogP contribution in [-0.2, 0) is 19.4 Å². The fraction of sp³-hybridized carbons (Fsp3) is 0.412. The van der Waals surface area contributed by atoms with E-state index < -0.39 is 15.4 Å². The van der Waals surface area contributed by atoms with Crippen molar-refractivity contribution in [2.24, 2.45) is 0 Å². The first-order valence-electron chi connectivity index (χ1n) is 8.75. The van der Waals surface area contributed by atoms with E-state index >= 15 is 0 Å². The summed E-state index contributed by atoms with van der Waals surface area (Å²) in [6, 6.07) is 7.20. The van der Waals surface area contributed by atoms with Gasteiger partial charge in [0.15, 0.2) is 14.2 Å². The van der Waals surface area contributed by atoms with Gasteiger partial charge in [-0.15, -0.1) is 10.2 Å². The average Bonchev–Trinajstić information content (AvgIpc) is 3.16. The van der Waals surface area contributed by atoms with Crippen LogP contribution in [0.1, 0.15) is 20.3 Å². The summed E-state index contributed by atoms with van der Waals surface area (Å²) in [6.45, 7) is 3.19. The summed E-state index contributed by atoms with van der Waals surface area (Å²) >= 11 is 2.54. The SMILES string of the molecule is CC(=O)Nc1cccc(Nc2nnc(SCC(=O)NC3(C)CCS(=O)(=O)C3)s2)c1. The standard InChI is InChI=1S/C17H21N5O4S3/c1-11(23)18-12-4-3-5-13(8-12)19-15-21-22-16(28-15)27-9-14(24)20-17(2)6-7-29(25,26)10-17/h3-5,8H,6-7,9-10H2,1-2H3,(H,18,23)(H,19,21)(H,20,24). The number of nitrogens with one attached hydrogen (secondary N) is 3. The zero-order valence-corrected chi connectivity index (χ0v) is 18.3. The molecule has 9 nitrogen and oxygen atoms in total. The van der Waals surface area contributed by atoms with Gasteiger partial charge in [0.2, 0.25) is 16.9 Å². The lowest BCUT2D eigenvalue weighted by molar-refractivity contribution is -0.120. The Kier molecular flexibility index (Phi) is 6.44. The van der Waals surface area contributed by atoms with Crippen LogP contribution in [0.5, 0.6) is 0 Å². The van der Waals surface area contributed by atoms with E-state index in [1.54, 1.807) is 25.1 Å². The van der Waals surface area contributed by atoms with E-state index in [2.05, 4.69) is 26.1 Å². The molecule has 3 N–H and O–H groups in total. The number of hydrogen-bond donors (Lipinski definition) is 3. The zero-order valence-electron chi connectivity index (χ0n) is 15.9. The minimum absolute atomic E-state index is 0.0270. The van der Waals surface area contributed by atoms with Crippen molar-refractivity contribution in [2.75, 3.05) is 27.9 Å². The highest BCUT2D eigenvalue weighted by atomic mass is 32.2. The molecule has 0 spiro atoms. The molecule has 1 unspecified atom stereocenters. The van der Waals surface area contributed by atoms with E-state index in [-0.39, 0.29) is 29.1 Å². The number of carbonyl (C=O) groups excluding carboxylic acids is 2. The van der Waals surface area contributed by atoms with Gasteiger partial charge in [-0.25, -0.2) is 8.42 Å². The number of hydrogen-bond acceptors (Lipinski definition) is 9. The van der Waals surface area contributed by atoms with Gasteiger partial charge in [0, 0.05) is 18.3 Å². The van der Waals surface area contributed by atoms with Crippen LogP contribution in [0.15, 0.2) is 28.6 Å². The predicted octanol–water partition coefficient (Wildman–Crippen LogP) is 2.03. The molecule has 156 valence electrons. The highest BCUT2D eigenvalue weighted by Gasteiger charge is 2.39. The van der Waals surface area contributed by atoms with Crippen LogP contribution < -0.4 is 16.0 Å². The molecule has 1 aliphatic rings. The summed E-state index contributed by atoms with van der Waals surface area (Å²) in [7, 11) is -3.08. The molecule has 2 aromatic rings. The number of sulfone groups is 1. The van der Waals surface area contributed by atoms with E-state index in [1.165, 1.54) is 30.0 Å². The lowest BCUT2D eigenvalue weighted by atomic mass is 10.0. The summed E-state index contributed by atoms with van der Waals surface area (Å²) < 4.78 is 23.9. The van der Waals surface area contributed by atoms with Crippen molar-refractivity contribution in [2.45, 2.75) is 30.1 Å². The van der Waals surface area contributed by atoms with E-state index in [0.717, 1.165) is 5.69 Å². The molecule has 1 aliphatic heterocycles. The van der Waals surface area contributed by atoms with Crippen molar-refractivity contribution >= 4 is 61.3 Å². The molecular formula is C17H21N5O4S3. The van der Waals surface area contributed by atoms with Crippen molar-refractivity contribution in [3.63, 3.8) is 0 Å². The van der Waals surface area contributed by atoms with Crippen LogP contribution in [-0.4, -0.2) is 53.2 Å². The van der Waals surface area contributed by atoms with Crippen molar-refractivity contribution in [3.05, 3.63) is 24.3 Å². The molecule has 12 heteroatoms. The topological polar surface area (TPSA) is 130 Å². The summed E-state index contributed by atoms with van der Waals surface area (Å²) in [5.41, 5.74) is 0.709. The van der Waals surface area contributed by atoms with Crippen LogP contribution in [0.4, 0.5) is 16.5 Å². The minimum Gasteiger partial charge on any atom is -0.349 e. The maximum absolute atomic E-state index is 12.2. The number of aromatic nitrogens is 2. The smallest absolute Gasteiger partial charge is 0.230 e. The summed E-state index contributed by atoms with van der Waals surface area (Å²) in [4.78, 5) is 23.3. The zero-order chi connectivity index (χ0) is 21.1. The predicted molar refractivity (Wildman–Crippen MR) is 114 cm³/mol. The highest BCUT2D eigenvalue weighted by molar-refractivity contribution is 8.01. The van der Waals surface area contributed by atoms with Gasteiger partial charge in [0.05, 0.1) is 22.8 Å². The molecule has 1 aromatic carbocycles. The molecule has 3 rings (SSSR count). The van der Waals surface area contributed by atoms with E-state index in [9.17, 15) is 18.0 Å².